The largest absolute Gasteiger partial charge is 0.286 e. The van der Waals surface area contributed by atoms with Crippen molar-refractivity contribution in [1.29, 1.82) is 0 Å². The van der Waals surface area contributed by atoms with Crippen molar-refractivity contribution < 1.29 is 4.79 Å². The Morgan fingerprint density at radius 1 is 1.12 bits per heavy atom. The summed E-state index contributed by atoms with van der Waals surface area (Å²) in [7, 11) is 0. The fraction of sp³-hybridized carbons (Fsp3) is 0.360. The first-order chi connectivity index (χ1) is 16.0. The number of aryl methyl sites for hydroxylation is 1. The SMILES string of the molecule is Cc1cscc1/C=C1\CCCc2c(C(=O)NN3CCCCC3)nn(-c3ccc(Cl)cc3Cl)c21. The molecule has 0 saturated carbocycles. The Kier molecular flexibility index (Phi) is 6.61. The first kappa shape index (κ1) is 22.7. The lowest BCUT2D eigenvalue weighted by atomic mass is 9.89. The number of amides is 1. The molecule has 5 rings (SSSR count). The maximum atomic E-state index is 13.3. The molecule has 2 aromatic heterocycles. The number of nitrogens with one attached hydrogen (secondary N) is 1. The van der Waals surface area contributed by atoms with Gasteiger partial charge in [0.25, 0.3) is 5.91 Å². The summed E-state index contributed by atoms with van der Waals surface area (Å²) < 4.78 is 1.84. The molecule has 1 aliphatic carbocycles. The van der Waals surface area contributed by atoms with Crippen LogP contribution in [0.2, 0.25) is 10.0 Å². The molecule has 1 saturated heterocycles. The van der Waals surface area contributed by atoms with Crippen LogP contribution >= 0.6 is 34.5 Å². The van der Waals surface area contributed by atoms with Gasteiger partial charge in [0.05, 0.1) is 16.4 Å². The Hall–Kier alpha value is -2.12. The van der Waals surface area contributed by atoms with Gasteiger partial charge in [0.15, 0.2) is 5.69 Å². The highest BCUT2D eigenvalue weighted by Gasteiger charge is 2.30. The second kappa shape index (κ2) is 9.63. The predicted molar refractivity (Wildman–Crippen MR) is 136 cm³/mol. The fourth-order valence-corrected chi connectivity index (χ4v) is 5.95. The maximum absolute atomic E-state index is 13.3. The number of allylic oxidation sites excluding steroid dienone is 1. The zero-order valence-corrected chi connectivity index (χ0v) is 20.9. The molecule has 8 heteroatoms. The standard InChI is InChI=1S/C25H26Cl2N4OS/c1-16-14-33-15-18(16)12-17-6-5-7-20-23(25(32)29-30-10-3-2-4-11-30)28-31(24(17)20)22-9-8-19(26)13-21(22)27/h8-9,12-15H,2-7,10-11H2,1H3,(H,29,32)/b17-12+. The Labute approximate surface area is 208 Å². The fourth-order valence-electron chi connectivity index (χ4n) is 4.65. The first-order valence-corrected chi connectivity index (χ1v) is 13.1. The van der Waals surface area contributed by atoms with E-state index < -0.39 is 0 Å². The van der Waals surface area contributed by atoms with Crippen molar-refractivity contribution in [3.63, 3.8) is 0 Å². The molecule has 5 nitrogen and oxygen atoms in total. The summed E-state index contributed by atoms with van der Waals surface area (Å²) in [6.07, 6.45) is 8.35. The third-order valence-corrected chi connectivity index (χ3v) is 7.77. The van der Waals surface area contributed by atoms with E-state index in [0.717, 1.165) is 62.1 Å². The third kappa shape index (κ3) is 4.62. The molecule has 1 N–H and O–H groups in total. The number of thiophene rings is 1. The highest BCUT2D eigenvalue weighted by atomic mass is 35.5. The molecule has 0 spiro atoms. The van der Waals surface area contributed by atoms with Crippen molar-refractivity contribution in [2.75, 3.05) is 13.1 Å². The van der Waals surface area contributed by atoms with Crippen molar-refractivity contribution in [1.82, 2.24) is 20.2 Å². The third-order valence-electron chi connectivity index (χ3n) is 6.35. The maximum Gasteiger partial charge on any atom is 0.286 e. The Balaban J connectivity index is 1.62. The second-order valence-corrected chi connectivity index (χ2v) is 10.3. The van der Waals surface area contributed by atoms with Crippen LogP contribution in [0.25, 0.3) is 17.3 Å². The van der Waals surface area contributed by atoms with Gasteiger partial charge in [-0.2, -0.15) is 16.4 Å². The number of hydrogen-bond acceptors (Lipinski definition) is 4. The summed E-state index contributed by atoms with van der Waals surface area (Å²) in [4.78, 5) is 13.3. The van der Waals surface area contributed by atoms with E-state index in [4.69, 9.17) is 28.3 Å². The van der Waals surface area contributed by atoms with Crippen LogP contribution in [0, 0.1) is 6.92 Å². The number of nitrogens with zero attached hydrogens (tertiary/aromatic N) is 3. The van der Waals surface area contributed by atoms with E-state index in [9.17, 15) is 4.79 Å². The van der Waals surface area contributed by atoms with E-state index in [1.165, 1.54) is 23.1 Å². The highest BCUT2D eigenvalue weighted by molar-refractivity contribution is 7.08. The van der Waals surface area contributed by atoms with Gasteiger partial charge in [-0.25, -0.2) is 9.69 Å². The molecule has 1 aliphatic heterocycles. The monoisotopic (exact) mass is 500 g/mol. The lowest BCUT2D eigenvalue weighted by molar-refractivity contribution is 0.0743. The molecule has 172 valence electrons. The molecular formula is C25H26Cl2N4OS. The number of rotatable bonds is 4. The Bertz CT molecular complexity index is 1220. The number of carbonyl (C=O) groups excluding carboxylic acids is 1. The minimum atomic E-state index is -0.148. The van der Waals surface area contributed by atoms with Crippen molar-refractivity contribution in [3.8, 4) is 5.69 Å². The Morgan fingerprint density at radius 3 is 2.67 bits per heavy atom. The van der Waals surface area contributed by atoms with Crippen molar-refractivity contribution in [3.05, 3.63) is 67.1 Å². The van der Waals surface area contributed by atoms with Crippen LogP contribution in [0.4, 0.5) is 0 Å². The van der Waals surface area contributed by atoms with E-state index in [1.54, 1.807) is 23.5 Å². The molecule has 3 heterocycles. The Morgan fingerprint density at radius 2 is 1.94 bits per heavy atom. The van der Waals surface area contributed by atoms with Crippen LogP contribution in [-0.4, -0.2) is 33.8 Å². The molecule has 0 radical (unpaired) electrons. The summed E-state index contributed by atoms with van der Waals surface area (Å²) in [5.74, 6) is -0.148. The van der Waals surface area contributed by atoms with E-state index in [1.807, 2.05) is 15.8 Å². The molecule has 1 amide bonds. The number of hydrogen-bond donors (Lipinski definition) is 1. The van der Waals surface area contributed by atoms with Crippen LogP contribution in [0.5, 0.6) is 0 Å². The van der Waals surface area contributed by atoms with E-state index >= 15 is 0 Å². The highest BCUT2D eigenvalue weighted by Crippen LogP contribution is 2.38. The zero-order chi connectivity index (χ0) is 22.9. The summed E-state index contributed by atoms with van der Waals surface area (Å²) >= 11 is 14.5. The zero-order valence-electron chi connectivity index (χ0n) is 18.5. The summed E-state index contributed by atoms with van der Waals surface area (Å²) in [6.45, 7) is 3.87. The van der Waals surface area contributed by atoms with Gasteiger partial charge in [0.1, 0.15) is 0 Å². The lowest BCUT2D eigenvalue weighted by Crippen LogP contribution is -2.45. The van der Waals surface area contributed by atoms with Crippen molar-refractivity contribution >= 4 is 52.1 Å². The average Bonchev–Trinajstić information content (AvgIpc) is 3.39. The van der Waals surface area contributed by atoms with Gasteiger partial charge in [-0.3, -0.25) is 10.2 Å². The molecule has 2 aliphatic rings. The van der Waals surface area contributed by atoms with Crippen molar-refractivity contribution in [2.45, 2.75) is 45.4 Å². The molecule has 3 aromatic rings. The number of carbonyl (C=O) groups is 1. The first-order valence-electron chi connectivity index (χ1n) is 11.4. The summed E-state index contributed by atoms with van der Waals surface area (Å²) in [6, 6.07) is 5.39. The van der Waals surface area contributed by atoms with Gasteiger partial charge >= 0.3 is 0 Å². The van der Waals surface area contributed by atoms with Gasteiger partial charge in [0, 0.05) is 23.7 Å². The summed E-state index contributed by atoms with van der Waals surface area (Å²) in [5.41, 5.74) is 9.88. The molecule has 1 aromatic carbocycles. The van der Waals surface area contributed by atoms with E-state index in [2.05, 4.69) is 29.2 Å². The summed E-state index contributed by atoms with van der Waals surface area (Å²) in [5, 5.41) is 12.2. The number of benzene rings is 1. The number of piperidine rings is 1. The van der Waals surface area contributed by atoms with Gasteiger partial charge in [-0.05, 0) is 90.8 Å². The van der Waals surface area contributed by atoms with Crippen LogP contribution in [0.1, 0.15) is 65.0 Å². The van der Waals surface area contributed by atoms with E-state index in [0.29, 0.717) is 15.7 Å². The van der Waals surface area contributed by atoms with Crippen LogP contribution in [-0.2, 0) is 6.42 Å². The average molecular weight is 501 g/mol. The van der Waals surface area contributed by atoms with Gasteiger partial charge in [-0.1, -0.05) is 29.6 Å². The number of halogens is 2. The molecule has 0 unspecified atom stereocenters. The number of fused-ring (bicyclic) bond motifs is 1. The number of hydrazine groups is 1. The molecule has 1 fully saturated rings. The van der Waals surface area contributed by atoms with Crippen LogP contribution < -0.4 is 5.43 Å². The van der Waals surface area contributed by atoms with Gasteiger partial charge < -0.3 is 0 Å². The van der Waals surface area contributed by atoms with Crippen LogP contribution in [0.15, 0.2) is 29.0 Å². The van der Waals surface area contributed by atoms with Gasteiger partial charge in [0.2, 0.25) is 0 Å². The minimum Gasteiger partial charge on any atom is -0.283 e. The molecule has 33 heavy (non-hydrogen) atoms. The quantitative estimate of drug-likeness (QED) is 0.441. The lowest BCUT2D eigenvalue weighted by Gasteiger charge is -2.26. The molecule has 0 atom stereocenters. The molecule has 0 bridgehead atoms. The second-order valence-electron chi connectivity index (χ2n) is 8.71. The minimum absolute atomic E-state index is 0.148. The molecular weight excluding hydrogens is 475 g/mol. The normalized spacial score (nSPS) is 17.8. The predicted octanol–water partition coefficient (Wildman–Crippen LogP) is 6.56. The van der Waals surface area contributed by atoms with Crippen LogP contribution in [0.3, 0.4) is 0 Å². The van der Waals surface area contributed by atoms with Crippen molar-refractivity contribution in [2.24, 2.45) is 0 Å². The smallest absolute Gasteiger partial charge is 0.283 e. The number of aromatic nitrogens is 2. The van der Waals surface area contributed by atoms with Gasteiger partial charge in [-0.15, -0.1) is 0 Å². The van der Waals surface area contributed by atoms with E-state index in [-0.39, 0.29) is 5.91 Å². The topological polar surface area (TPSA) is 50.2 Å².